The van der Waals surface area contributed by atoms with Gasteiger partial charge in [-0.15, -0.1) is 0 Å². The highest BCUT2D eigenvalue weighted by atomic mass is 35.5. The Morgan fingerprint density at radius 2 is 2.07 bits per heavy atom. The molecule has 0 unspecified atom stereocenters. The van der Waals surface area contributed by atoms with Gasteiger partial charge in [-0.05, 0) is 19.1 Å². The summed E-state index contributed by atoms with van der Waals surface area (Å²) in [5.41, 5.74) is 0.767. The maximum atomic E-state index is 14.6. The highest BCUT2D eigenvalue weighted by Gasteiger charge is 2.32. The quantitative estimate of drug-likeness (QED) is 0.313. The highest BCUT2D eigenvalue weighted by Crippen LogP contribution is 2.40. The van der Waals surface area contributed by atoms with Crippen molar-refractivity contribution < 1.29 is 23.4 Å². The first-order valence-electron chi connectivity index (χ1n) is 13.1. The molecule has 0 radical (unpaired) electrons. The van der Waals surface area contributed by atoms with E-state index in [1.165, 1.54) is 18.3 Å². The Morgan fingerprint density at radius 1 is 1.24 bits per heavy atom. The number of nitrogens with one attached hydrogen (secondary N) is 2. The van der Waals surface area contributed by atoms with Gasteiger partial charge >= 0.3 is 6.01 Å². The zero-order valence-corrected chi connectivity index (χ0v) is 23.2. The van der Waals surface area contributed by atoms with Crippen LogP contribution in [0.1, 0.15) is 6.92 Å². The molecule has 0 saturated carbocycles. The van der Waals surface area contributed by atoms with Gasteiger partial charge in [-0.3, -0.25) is 9.89 Å². The van der Waals surface area contributed by atoms with Crippen molar-refractivity contribution in [3.63, 3.8) is 0 Å². The molecule has 3 aromatic heterocycles. The van der Waals surface area contributed by atoms with Gasteiger partial charge < -0.3 is 29.3 Å². The average molecular weight is 583 g/mol. The second-order valence-corrected chi connectivity index (χ2v) is 10.3. The van der Waals surface area contributed by atoms with Crippen LogP contribution in [0.15, 0.2) is 37.2 Å². The minimum Gasteiger partial charge on any atom is -0.456 e. The van der Waals surface area contributed by atoms with Crippen molar-refractivity contribution in [2.45, 2.75) is 25.2 Å². The van der Waals surface area contributed by atoms with Crippen molar-refractivity contribution in [2.24, 2.45) is 0 Å². The number of carbonyl (C=O) groups is 1. The molecule has 4 aromatic rings. The van der Waals surface area contributed by atoms with E-state index in [1.54, 1.807) is 24.3 Å². The number of hydrogen-bond donors (Lipinski definition) is 2. The largest absolute Gasteiger partial charge is 0.456 e. The number of rotatable bonds is 7. The number of pyridine rings is 1. The summed E-state index contributed by atoms with van der Waals surface area (Å²) in [6.45, 7) is 8.30. The van der Waals surface area contributed by atoms with Crippen LogP contribution in [-0.4, -0.2) is 94.0 Å². The summed E-state index contributed by atoms with van der Waals surface area (Å²) in [4.78, 5) is 30.1. The Labute approximate surface area is 239 Å². The first kappa shape index (κ1) is 27.1. The smallest absolute Gasteiger partial charge is 0.319 e. The lowest BCUT2D eigenvalue weighted by molar-refractivity contribution is -0.128. The van der Waals surface area contributed by atoms with Gasteiger partial charge in [0, 0.05) is 58.1 Å². The maximum absolute atomic E-state index is 14.6. The molecule has 41 heavy (non-hydrogen) atoms. The Kier molecular flexibility index (Phi) is 7.32. The van der Waals surface area contributed by atoms with Gasteiger partial charge in [-0.1, -0.05) is 18.2 Å². The number of benzene rings is 1. The summed E-state index contributed by atoms with van der Waals surface area (Å²) < 4.78 is 32.6. The van der Waals surface area contributed by atoms with Crippen molar-refractivity contribution in [3.05, 3.63) is 48.0 Å². The second-order valence-electron chi connectivity index (χ2n) is 9.90. The van der Waals surface area contributed by atoms with Crippen molar-refractivity contribution in [3.8, 4) is 17.6 Å². The minimum absolute atomic E-state index is 0.0580. The van der Waals surface area contributed by atoms with Crippen LogP contribution in [0, 0.1) is 5.82 Å². The molecule has 2 fully saturated rings. The summed E-state index contributed by atoms with van der Waals surface area (Å²) in [7, 11) is 1.63. The molecule has 0 spiro atoms. The van der Waals surface area contributed by atoms with Crippen LogP contribution in [0.3, 0.4) is 0 Å². The van der Waals surface area contributed by atoms with Crippen LogP contribution >= 0.6 is 11.6 Å². The van der Waals surface area contributed by atoms with E-state index >= 15 is 0 Å². The average Bonchev–Trinajstić information content (AvgIpc) is 3.63. The van der Waals surface area contributed by atoms with E-state index in [0.29, 0.717) is 60.3 Å². The first-order chi connectivity index (χ1) is 19.9. The van der Waals surface area contributed by atoms with E-state index in [2.05, 4.69) is 37.0 Å². The third-order valence-corrected chi connectivity index (χ3v) is 7.74. The fourth-order valence-electron chi connectivity index (χ4n) is 5.28. The van der Waals surface area contributed by atoms with E-state index in [1.807, 2.05) is 6.92 Å². The standard InChI is InChI=1S/C27H28ClFN8O4/c1-4-21(38)37-8-7-36(13-14(37)2)25-15-5-6-31-26(41-24-16-10-32-35-18(16)9-17(29)22(24)28)23(15)33-27(34-25)40-20-12-30-11-19(20)39-3/h4-6,9-10,14,19-20,30H,1,7-8,11-13H2,2-3H3,(H,32,35)/t14-,19-,20-/m1/s1. The molecule has 5 heterocycles. The van der Waals surface area contributed by atoms with Crippen LogP contribution < -0.4 is 19.7 Å². The Bertz CT molecular complexity index is 1630. The number of aromatic nitrogens is 5. The number of ether oxygens (including phenoxy) is 3. The molecule has 2 N–H and O–H groups in total. The Hall–Kier alpha value is -4.07. The summed E-state index contributed by atoms with van der Waals surface area (Å²) in [5.74, 6) is -0.0488. The third-order valence-electron chi connectivity index (χ3n) is 7.38. The highest BCUT2D eigenvalue weighted by molar-refractivity contribution is 6.33. The van der Waals surface area contributed by atoms with Crippen molar-refractivity contribution in [1.29, 1.82) is 0 Å². The minimum atomic E-state index is -0.668. The van der Waals surface area contributed by atoms with Gasteiger partial charge in [0.2, 0.25) is 11.8 Å². The topological polar surface area (TPSA) is 131 Å². The normalized spacial score (nSPS) is 21.0. The van der Waals surface area contributed by atoms with E-state index in [-0.39, 0.29) is 46.8 Å². The third kappa shape index (κ3) is 5.00. The van der Waals surface area contributed by atoms with Crippen molar-refractivity contribution >= 4 is 45.1 Å². The first-order valence-corrected chi connectivity index (χ1v) is 13.5. The van der Waals surface area contributed by atoms with Crippen LogP contribution in [-0.2, 0) is 9.53 Å². The van der Waals surface area contributed by atoms with E-state index in [4.69, 9.17) is 30.8 Å². The van der Waals surface area contributed by atoms with Gasteiger partial charge in [0.1, 0.15) is 34.4 Å². The second kappa shape index (κ2) is 11.1. The maximum Gasteiger partial charge on any atom is 0.319 e. The van der Waals surface area contributed by atoms with E-state index < -0.39 is 5.82 Å². The number of anilines is 1. The molecule has 6 rings (SSSR count). The van der Waals surface area contributed by atoms with Crippen LogP contribution in [0.5, 0.6) is 17.6 Å². The number of fused-ring (bicyclic) bond motifs is 2. The molecule has 214 valence electrons. The molecule has 0 bridgehead atoms. The van der Waals surface area contributed by atoms with E-state index in [9.17, 15) is 9.18 Å². The summed E-state index contributed by atoms with van der Waals surface area (Å²) >= 11 is 6.33. The zero-order chi connectivity index (χ0) is 28.7. The number of aromatic amines is 1. The molecule has 0 aliphatic carbocycles. The van der Waals surface area contributed by atoms with Gasteiger partial charge in [-0.2, -0.15) is 15.1 Å². The van der Waals surface area contributed by atoms with Gasteiger partial charge in [0.25, 0.3) is 0 Å². The van der Waals surface area contributed by atoms with Crippen LogP contribution in [0.25, 0.3) is 21.8 Å². The van der Waals surface area contributed by atoms with Gasteiger partial charge in [0.15, 0.2) is 5.75 Å². The molecular formula is C27H28ClFN8O4. The predicted octanol–water partition coefficient (Wildman–Crippen LogP) is 3.07. The number of piperazine rings is 1. The number of methoxy groups -OCH3 is 1. The predicted molar refractivity (Wildman–Crippen MR) is 150 cm³/mol. The monoisotopic (exact) mass is 582 g/mol. The zero-order valence-electron chi connectivity index (χ0n) is 22.4. The molecule has 1 amide bonds. The van der Waals surface area contributed by atoms with Gasteiger partial charge in [-0.25, -0.2) is 9.37 Å². The van der Waals surface area contributed by atoms with Crippen molar-refractivity contribution in [1.82, 2.24) is 35.4 Å². The number of H-pyrrole nitrogens is 1. The number of carbonyl (C=O) groups excluding carboxylic acids is 1. The molecule has 1 aromatic carbocycles. The lowest BCUT2D eigenvalue weighted by Gasteiger charge is -2.40. The summed E-state index contributed by atoms with van der Waals surface area (Å²) in [5, 5.41) is 10.9. The SMILES string of the molecule is C=CC(=O)N1CCN(c2nc(O[C@@H]3CNC[C@H]3OC)nc3c(Oc4c(Cl)c(F)cc5[nH]ncc45)nccc23)C[C@H]1C. The number of nitrogens with zero attached hydrogens (tertiary/aromatic N) is 6. The van der Waals surface area contributed by atoms with Gasteiger partial charge in [0.05, 0.1) is 22.5 Å². The summed E-state index contributed by atoms with van der Waals surface area (Å²) in [6.07, 6.45) is 3.88. The fraction of sp³-hybridized carbons (Fsp3) is 0.370. The van der Waals surface area contributed by atoms with Crippen LogP contribution in [0.2, 0.25) is 5.02 Å². The van der Waals surface area contributed by atoms with Crippen LogP contribution in [0.4, 0.5) is 10.2 Å². The van der Waals surface area contributed by atoms with E-state index in [0.717, 1.165) is 0 Å². The Balaban J connectivity index is 1.44. The molecule has 2 aliphatic rings. The fourth-order valence-corrected chi connectivity index (χ4v) is 5.47. The molecule has 12 nitrogen and oxygen atoms in total. The molecule has 3 atom stereocenters. The molecule has 2 saturated heterocycles. The lowest BCUT2D eigenvalue weighted by atomic mass is 10.1. The van der Waals surface area contributed by atoms with Crippen molar-refractivity contribution in [2.75, 3.05) is 44.7 Å². The number of hydrogen-bond acceptors (Lipinski definition) is 10. The number of halogens is 2. The summed E-state index contributed by atoms with van der Waals surface area (Å²) in [6, 6.07) is 3.04. The Morgan fingerprint density at radius 3 is 2.85 bits per heavy atom. The molecule has 14 heteroatoms. The molecular weight excluding hydrogens is 555 g/mol. The lowest BCUT2D eigenvalue weighted by Crippen LogP contribution is -2.54. The molecule has 2 aliphatic heterocycles. The number of amides is 1.